The van der Waals surface area contributed by atoms with E-state index in [-0.39, 0.29) is 18.2 Å². The van der Waals surface area contributed by atoms with Crippen LogP contribution >= 0.6 is 34.8 Å². The van der Waals surface area contributed by atoms with Crippen molar-refractivity contribution in [1.82, 2.24) is 16.0 Å². The molecule has 2 saturated heterocycles. The fraction of sp³-hybridized carbons (Fsp3) is 0.250. The number of anilines is 2. The maximum absolute atomic E-state index is 12.9. The predicted molar refractivity (Wildman–Crippen MR) is 119 cm³/mol. The molecule has 8 nitrogen and oxygen atoms in total. The topological polar surface area (TPSA) is 111 Å². The molecule has 162 valence electrons. The lowest BCUT2D eigenvalue weighted by atomic mass is 9.81. The smallest absolute Gasteiger partial charge is 0.229 e. The molecule has 4 rings (SSSR count). The molecular weight excluding hydrogens is 465 g/mol. The first kappa shape index (κ1) is 21.7. The van der Waals surface area contributed by atoms with E-state index >= 15 is 0 Å². The van der Waals surface area contributed by atoms with Gasteiger partial charge < -0.3 is 21.3 Å². The SMILES string of the molecule is O=C1CC(C(=O)Nc2cccc(Cl)c2)C2C(=O)NC(Nc3ccc(Cl)cc3Cl)NC2N1. The van der Waals surface area contributed by atoms with Gasteiger partial charge in [0.2, 0.25) is 17.7 Å². The van der Waals surface area contributed by atoms with Gasteiger partial charge in [-0.05, 0) is 36.4 Å². The minimum Gasteiger partial charge on any atom is -0.352 e. The molecule has 2 aliphatic heterocycles. The van der Waals surface area contributed by atoms with E-state index in [0.29, 0.717) is 26.4 Å². The van der Waals surface area contributed by atoms with Crippen LogP contribution in [0.1, 0.15) is 6.42 Å². The molecule has 31 heavy (non-hydrogen) atoms. The lowest BCUT2D eigenvalue weighted by Crippen LogP contribution is -2.72. The first-order valence-electron chi connectivity index (χ1n) is 9.44. The fourth-order valence-electron chi connectivity index (χ4n) is 3.72. The molecule has 5 N–H and O–H groups in total. The normalized spacial score (nSPS) is 25.1. The Balaban J connectivity index is 1.49. The van der Waals surface area contributed by atoms with Crippen molar-refractivity contribution in [3.05, 3.63) is 57.5 Å². The average Bonchev–Trinajstić information content (AvgIpc) is 2.69. The third-order valence-electron chi connectivity index (χ3n) is 5.11. The van der Waals surface area contributed by atoms with Gasteiger partial charge in [-0.2, -0.15) is 0 Å². The second-order valence-electron chi connectivity index (χ2n) is 7.26. The Morgan fingerprint density at radius 2 is 1.77 bits per heavy atom. The molecule has 0 bridgehead atoms. The standard InChI is InChI=1S/C20H18Cl3N5O3/c21-9-2-1-3-11(6-9)24-18(30)12-8-15(29)26-17-16(12)19(31)28-20(27-17)25-14-5-4-10(22)7-13(14)23/h1-7,12,16-17,20,25,27H,8H2,(H,24,30)(H,26,29)(H,28,31). The molecule has 2 aromatic rings. The maximum atomic E-state index is 12.9. The van der Waals surface area contributed by atoms with E-state index in [1.165, 1.54) is 0 Å². The van der Waals surface area contributed by atoms with E-state index in [4.69, 9.17) is 34.8 Å². The molecule has 4 unspecified atom stereocenters. The zero-order valence-corrected chi connectivity index (χ0v) is 18.2. The summed E-state index contributed by atoms with van der Waals surface area (Å²) in [6.45, 7) is 0. The van der Waals surface area contributed by atoms with Crippen LogP contribution in [-0.4, -0.2) is 30.2 Å². The van der Waals surface area contributed by atoms with Crippen molar-refractivity contribution in [2.75, 3.05) is 10.6 Å². The molecule has 4 atom stereocenters. The van der Waals surface area contributed by atoms with Gasteiger partial charge in [0.15, 0.2) is 6.29 Å². The number of nitrogens with one attached hydrogen (secondary N) is 5. The Kier molecular flexibility index (Phi) is 6.24. The molecule has 0 aromatic heterocycles. The molecule has 0 aliphatic carbocycles. The molecule has 2 fully saturated rings. The highest BCUT2D eigenvalue weighted by atomic mass is 35.5. The van der Waals surface area contributed by atoms with Crippen molar-refractivity contribution in [2.24, 2.45) is 11.8 Å². The van der Waals surface area contributed by atoms with E-state index in [1.807, 2.05) is 0 Å². The Morgan fingerprint density at radius 3 is 2.52 bits per heavy atom. The summed E-state index contributed by atoms with van der Waals surface area (Å²) in [5.41, 5.74) is 1.03. The van der Waals surface area contributed by atoms with Crippen molar-refractivity contribution in [1.29, 1.82) is 0 Å². The van der Waals surface area contributed by atoms with Crippen molar-refractivity contribution < 1.29 is 14.4 Å². The first-order valence-corrected chi connectivity index (χ1v) is 10.6. The molecule has 2 aromatic carbocycles. The van der Waals surface area contributed by atoms with Crippen LogP contribution in [0, 0.1) is 11.8 Å². The Hall–Kier alpha value is -2.52. The van der Waals surface area contributed by atoms with Crippen molar-refractivity contribution >= 4 is 63.9 Å². The number of carbonyl (C=O) groups is 3. The van der Waals surface area contributed by atoms with Crippen LogP contribution in [0.4, 0.5) is 11.4 Å². The molecule has 0 saturated carbocycles. The number of hydrogen-bond acceptors (Lipinski definition) is 5. The van der Waals surface area contributed by atoms with Crippen LogP contribution < -0.4 is 26.6 Å². The highest BCUT2D eigenvalue weighted by molar-refractivity contribution is 6.36. The monoisotopic (exact) mass is 481 g/mol. The number of fused-ring (bicyclic) bond motifs is 1. The summed E-state index contributed by atoms with van der Waals surface area (Å²) >= 11 is 18.1. The van der Waals surface area contributed by atoms with Gasteiger partial charge in [-0.1, -0.05) is 40.9 Å². The number of amides is 3. The zero-order chi connectivity index (χ0) is 22.1. The molecule has 2 aliphatic rings. The summed E-state index contributed by atoms with van der Waals surface area (Å²) in [5.74, 6) is -2.80. The lowest BCUT2D eigenvalue weighted by molar-refractivity contribution is -0.144. The molecule has 2 heterocycles. The first-order chi connectivity index (χ1) is 14.8. The van der Waals surface area contributed by atoms with Crippen LogP contribution in [0.2, 0.25) is 15.1 Å². The second-order valence-corrected chi connectivity index (χ2v) is 8.54. The van der Waals surface area contributed by atoms with Crippen LogP contribution in [0.25, 0.3) is 0 Å². The molecule has 11 heteroatoms. The number of hydrogen-bond donors (Lipinski definition) is 5. The van der Waals surface area contributed by atoms with Crippen LogP contribution in [-0.2, 0) is 14.4 Å². The van der Waals surface area contributed by atoms with Crippen LogP contribution in [0.3, 0.4) is 0 Å². The van der Waals surface area contributed by atoms with Gasteiger partial charge >= 0.3 is 0 Å². The third kappa shape index (κ3) is 4.88. The van der Waals surface area contributed by atoms with Crippen molar-refractivity contribution in [3.63, 3.8) is 0 Å². The number of benzene rings is 2. The van der Waals surface area contributed by atoms with Gasteiger partial charge in [0.25, 0.3) is 0 Å². The molecular formula is C20H18Cl3N5O3. The van der Waals surface area contributed by atoms with Crippen LogP contribution in [0.15, 0.2) is 42.5 Å². The molecule has 0 spiro atoms. The van der Waals surface area contributed by atoms with E-state index in [0.717, 1.165) is 0 Å². The highest BCUT2D eigenvalue weighted by Crippen LogP contribution is 2.30. The Bertz CT molecular complexity index is 1050. The van der Waals surface area contributed by atoms with Gasteiger partial charge in [-0.25, -0.2) is 0 Å². The van der Waals surface area contributed by atoms with E-state index in [1.54, 1.807) is 42.5 Å². The van der Waals surface area contributed by atoms with E-state index in [9.17, 15) is 14.4 Å². The number of rotatable bonds is 4. The summed E-state index contributed by atoms with van der Waals surface area (Å²) in [7, 11) is 0. The van der Waals surface area contributed by atoms with Crippen LogP contribution in [0.5, 0.6) is 0 Å². The number of piperidine rings is 1. The maximum Gasteiger partial charge on any atom is 0.229 e. The predicted octanol–water partition coefficient (Wildman–Crippen LogP) is 2.78. The molecule has 3 amide bonds. The van der Waals surface area contributed by atoms with Gasteiger partial charge in [0.05, 0.1) is 28.7 Å². The van der Waals surface area contributed by atoms with Gasteiger partial charge in [-0.3, -0.25) is 19.7 Å². The third-order valence-corrected chi connectivity index (χ3v) is 5.89. The highest BCUT2D eigenvalue weighted by Gasteiger charge is 2.48. The van der Waals surface area contributed by atoms with E-state index in [2.05, 4.69) is 26.6 Å². The van der Waals surface area contributed by atoms with Crippen molar-refractivity contribution in [2.45, 2.75) is 18.9 Å². The minimum atomic E-state index is -0.856. The van der Waals surface area contributed by atoms with E-state index < -0.39 is 30.2 Å². The molecule has 0 radical (unpaired) electrons. The Morgan fingerprint density at radius 1 is 1.00 bits per heavy atom. The summed E-state index contributed by atoms with van der Waals surface area (Å²) in [5, 5.41) is 15.7. The number of carbonyl (C=O) groups excluding carboxylic acids is 3. The quantitative estimate of drug-likeness (QED) is 0.460. The second kappa shape index (κ2) is 8.92. The summed E-state index contributed by atoms with van der Waals surface area (Å²) in [6, 6.07) is 11.5. The fourth-order valence-corrected chi connectivity index (χ4v) is 4.37. The lowest BCUT2D eigenvalue weighted by Gasteiger charge is -2.43. The van der Waals surface area contributed by atoms with Crippen molar-refractivity contribution in [3.8, 4) is 0 Å². The number of halogens is 3. The zero-order valence-electron chi connectivity index (χ0n) is 15.9. The summed E-state index contributed by atoms with van der Waals surface area (Å²) in [6.07, 6.45) is -1.57. The van der Waals surface area contributed by atoms with Gasteiger partial charge in [-0.15, -0.1) is 0 Å². The Labute approximate surface area is 193 Å². The average molecular weight is 483 g/mol. The van der Waals surface area contributed by atoms with Gasteiger partial charge in [0.1, 0.15) is 0 Å². The minimum absolute atomic E-state index is 0.107. The largest absolute Gasteiger partial charge is 0.352 e. The van der Waals surface area contributed by atoms with Gasteiger partial charge in [0, 0.05) is 22.2 Å². The summed E-state index contributed by atoms with van der Waals surface area (Å²) in [4.78, 5) is 38.0. The summed E-state index contributed by atoms with van der Waals surface area (Å²) < 4.78 is 0.